The third-order valence-corrected chi connectivity index (χ3v) is 5.39. The monoisotopic (exact) mass is 366 g/mol. The molecule has 144 valence electrons. The van der Waals surface area contributed by atoms with Crippen LogP contribution in [0.15, 0.2) is 54.6 Å². The first-order valence-corrected chi connectivity index (χ1v) is 9.72. The Morgan fingerprint density at radius 3 is 2.04 bits per heavy atom. The number of nitrogens with zero attached hydrogens (tertiary/aromatic N) is 2. The molecule has 2 aromatic rings. The number of hydrogen-bond acceptors (Lipinski definition) is 4. The average Bonchev–Trinajstić information content (AvgIpc) is 2.67. The van der Waals surface area contributed by atoms with Crippen LogP contribution < -0.4 is 0 Å². The summed E-state index contributed by atoms with van der Waals surface area (Å²) in [5.74, 6) is -0.195. The smallest absolute Gasteiger partial charge is 0.309 e. The Hall–Kier alpha value is -2.17. The van der Waals surface area contributed by atoms with Gasteiger partial charge in [-0.15, -0.1) is 0 Å². The fraction of sp³-hybridized carbons (Fsp3) is 0.435. The van der Waals surface area contributed by atoms with Crippen molar-refractivity contribution in [2.75, 3.05) is 20.2 Å². The highest BCUT2D eigenvalue weighted by atomic mass is 16.5. The second-order valence-electron chi connectivity index (χ2n) is 7.62. The first-order valence-electron chi connectivity index (χ1n) is 9.72. The molecule has 0 aliphatic carbocycles. The van der Waals surface area contributed by atoms with E-state index in [0.29, 0.717) is 18.5 Å². The summed E-state index contributed by atoms with van der Waals surface area (Å²) in [6.45, 7) is 8.75. The van der Waals surface area contributed by atoms with Crippen molar-refractivity contribution in [2.24, 2.45) is 0 Å². The molecule has 2 aromatic carbocycles. The third-order valence-electron chi connectivity index (χ3n) is 5.39. The highest BCUT2D eigenvalue weighted by Crippen LogP contribution is 2.21. The fourth-order valence-corrected chi connectivity index (χ4v) is 3.96. The standard InChI is InChI=1S/C23H30N2O2/c1-18-14-24(15-19(2)25(18)17-21-7-5-4-6-8-21)16-22-11-9-20(10-12-22)13-23(26)27-3/h4-12,18-19H,13-17H2,1-3H3/t18-,19+. The van der Waals surface area contributed by atoms with Crippen molar-refractivity contribution in [1.29, 1.82) is 0 Å². The Balaban J connectivity index is 1.56. The van der Waals surface area contributed by atoms with Crippen molar-refractivity contribution in [3.8, 4) is 0 Å². The zero-order valence-corrected chi connectivity index (χ0v) is 16.6. The molecule has 1 heterocycles. The summed E-state index contributed by atoms with van der Waals surface area (Å²) in [7, 11) is 1.43. The van der Waals surface area contributed by atoms with E-state index in [1.165, 1.54) is 18.2 Å². The van der Waals surface area contributed by atoms with Gasteiger partial charge in [-0.3, -0.25) is 14.6 Å². The molecule has 0 unspecified atom stereocenters. The molecular formula is C23H30N2O2. The molecule has 1 saturated heterocycles. The number of esters is 1. The fourth-order valence-electron chi connectivity index (χ4n) is 3.96. The summed E-state index contributed by atoms with van der Waals surface area (Å²) < 4.78 is 4.73. The molecule has 1 aliphatic rings. The Kier molecular flexibility index (Phi) is 6.64. The van der Waals surface area contributed by atoms with E-state index in [9.17, 15) is 4.79 Å². The second-order valence-corrected chi connectivity index (χ2v) is 7.62. The van der Waals surface area contributed by atoms with Crippen LogP contribution in [-0.4, -0.2) is 48.1 Å². The molecule has 27 heavy (non-hydrogen) atoms. The van der Waals surface area contributed by atoms with E-state index >= 15 is 0 Å². The molecule has 4 heteroatoms. The lowest BCUT2D eigenvalue weighted by atomic mass is 10.0. The Morgan fingerprint density at radius 1 is 0.889 bits per heavy atom. The van der Waals surface area contributed by atoms with Gasteiger partial charge in [0.15, 0.2) is 0 Å². The van der Waals surface area contributed by atoms with Gasteiger partial charge in [-0.05, 0) is 30.5 Å². The van der Waals surface area contributed by atoms with E-state index < -0.39 is 0 Å². The summed E-state index contributed by atoms with van der Waals surface area (Å²) in [5.41, 5.74) is 3.67. The highest BCUT2D eigenvalue weighted by molar-refractivity contribution is 5.72. The minimum atomic E-state index is -0.195. The predicted molar refractivity (Wildman–Crippen MR) is 108 cm³/mol. The molecule has 1 aliphatic heterocycles. The zero-order valence-electron chi connectivity index (χ0n) is 16.6. The number of ether oxygens (including phenoxy) is 1. The zero-order chi connectivity index (χ0) is 19.2. The average molecular weight is 367 g/mol. The van der Waals surface area contributed by atoms with Crippen LogP contribution in [0, 0.1) is 0 Å². The van der Waals surface area contributed by atoms with Crippen LogP contribution in [0.5, 0.6) is 0 Å². The molecule has 0 N–H and O–H groups in total. The molecule has 0 radical (unpaired) electrons. The van der Waals surface area contributed by atoms with Crippen molar-refractivity contribution in [3.05, 3.63) is 71.3 Å². The number of benzene rings is 2. The van der Waals surface area contributed by atoms with Gasteiger partial charge in [-0.1, -0.05) is 54.6 Å². The molecule has 0 spiro atoms. The van der Waals surface area contributed by atoms with Crippen LogP contribution in [0.1, 0.15) is 30.5 Å². The van der Waals surface area contributed by atoms with E-state index in [0.717, 1.165) is 31.7 Å². The number of methoxy groups -OCH3 is 1. The lowest BCUT2D eigenvalue weighted by Gasteiger charge is -2.44. The summed E-state index contributed by atoms with van der Waals surface area (Å²) in [6, 6.07) is 20.1. The quantitative estimate of drug-likeness (QED) is 0.733. The van der Waals surface area contributed by atoms with Gasteiger partial charge >= 0.3 is 5.97 Å². The Bertz CT molecular complexity index is 718. The van der Waals surface area contributed by atoms with E-state index in [1.807, 2.05) is 12.1 Å². The molecule has 0 bridgehead atoms. The van der Waals surface area contributed by atoms with E-state index in [2.05, 4.69) is 66.1 Å². The van der Waals surface area contributed by atoms with Crippen molar-refractivity contribution >= 4 is 5.97 Å². The first kappa shape index (κ1) is 19.6. The lowest BCUT2D eigenvalue weighted by Crippen LogP contribution is -2.55. The van der Waals surface area contributed by atoms with E-state index in [4.69, 9.17) is 4.74 Å². The van der Waals surface area contributed by atoms with Gasteiger partial charge in [-0.25, -0.2) is 0 Å². The van der Waals surface area contributed by atoms with Crippen LogP contribution in [0.4, 0.5) is 0 Å². The summed E-state index contributed by atoms with van der Waals surface area (Å²) >= 11 is 0. The summed E-state index contributed by atoms with van der Waals surface area (Å²) in [6.07, 6.45) is 0.336. The SMILES string of the molecule is COC(=O)Cc1ccc(CN2C[C@@H](C)N(Cc3ccccc3)[C@@H](C)C2)cc1. The van der Waals surface area contributed by atoms with Gasteiger partial charge in [0.1, 0.15) is 0 Å². The molecule has 0 saturated carbocycles. The van der Waals surface area contributed by atoms with Gasteiger partial charge in [0.2, 0.25) is 0 Å². The molecule has 0 amide bonds. The van der Waals surface area contributed by atoms with Gasteiger partial charge in [0.05, 0.1) is 13.5 Å². The molecular weight excluding hydrogens is 336 g/mol. The van der Waals surface area contributed by atoms with Crippen LogP contribution in [0.25, 0.3) is 0 Å². The number of carbonyl (C=O) groups is 1. The maximum absolute atomic E-state index is 11.4. The number of hydrogen-bond donors (Lipinski definition) is 0. The number of rotatable bonds is 6. The molecule has 1 fully saturated rings. The first-order chi connectivity index (χ1) is 13.0. The van der Waals surface area contributed by atoms with E-state index in [-0.39, 0.29) is 5.97 Å². The second kappa shape index (κ2) is 9.16. The topological polar surface area (TPSA) is 32.8 Å². The van der Waals surface area contributed by atoms with Crippen molar-refractivity contribution in [2.45, 2.75) is 45.4 Å². The van der Waals surface area contributed by atoms with Crippen LogP contribution in [0.2, 0.25) is 0 Å². The van der Waals surface area contributed by atoms with E-state index in [1.54, 1.807) is 0 Å². The van der Waals surface area contributed by atoms with Gasteiger partial charge in [-0.2, -0.15) is 0 Å². The number of piperazine rings is 1. The maximum Gasteiger partial charge on any atom is 0.309 e. The van der Waals surface area contributed by atoms with Crippen molar-refractivity contribution in [3.63, 3.8) is 0 Å². The van der Waals surface area contributed by atoms with Crippen LogP contribution in [0.3, 0.4) is 0 Å². The minimum Gasteiger partial charge on any atom is -0.469 e. The lowest BCUT2D eigenvalue weighted by molar-refractivity contribution is -0.139. The van der Waals surface area contributed by atoms with Gasteiger partial charge in [0.25, 0.3) is 0 Å². The Labute approximate surface area is 162 Å². The summed E-state index contributed by atoms with van der Waals surface area (Å²) in [4.78, 5) is 16.5. The molecule has 2 atom stereocenters. The van der Waals surface area contributed by atoms with Gasteiger partial charge < -0.3 is 4.74 Å². The Morgan fingerprint density at radius 2 is 1.44 bits per heavy atom. The highest BCUT2D eigenvalue weighted by Gasteiger charge is 2.29. The minimum absolute atomic E-state index is 0.195. The van der Waals surface area contributed by atoms with Crippen LogP contribution >= 0.6 is 0 Å². The molecule has 3 rings (SSSR count). The largest absolute Gasteiger partial charge is 0.469 e. The number of carbonyl (C=O) groups excluding carboxylic acids is 1. The summed E-state index contributed by atoms with van der Waals surface area (Å²) in [5, 5.41) is 0. The maximum atomic E-state index is 11.4. The van der Waals surface area contributed by atoms with Crippen LogP contribution in [-0.2, 0) is 29.0 Å². The van der Waals surface area contributed by atoms with Gasteiger partial charge in [0, 0.05) is 38.3 Å². The molecule has 0 aromatic heterocycles. The van der Waals surface area contributed by atoms with Crippen molar-refractivity contribution in [1.82, 2.24) is 9.80 Å². The normalized spacial score (nSPS) is 21.1. The van der Waals surface area contributed by atoms with Crippen molar-refractivity contribution < 1.29 is 9.53 Å². The third kappa shape index (κ3) is 5.41. The molecule has 4 nitrogen and oxygen atoms in total. The predicted octanol–water partition coefficient (Wildman–Crippen LogP) is 3.50.